The van der Waals surface area contributed by atoms with Crippen molar-refractivity contribution >= 4 is 11.6 Å². The third kappa shape index (κ3) is 4.31. The molecular formula is C18H20ClNO. The second kappa shape index (κ2) is 7.08. The zero-order chi connectivity index (χ0) is 14.5. The molecule has 0 aromatic heterocycles. The van der Waals surface area contributed by atoms with Crippen LogP contribution in [0.4, 0.5) is 0 Å². The summed E-state index contributed by atoms with van der Waals surface area (Å²) in [6, 6.07) is 16.9. The van der Waals surface area contributed by atoms with Crippen molar-refractivity contribution in [1.29, 1.82) is 0 Å². The van der Waals surface area contributed by atoms with Crippen molar-refractivity contribution in [2.75, 3.05) is 26.3 Å². The molecule has 0 N–H and O–H groups in total. The minimum Gasteiger partial charge on any atom is -0.379 e. The van der Waals surface area contributed by atoms with Gasteiger partial charge in [-0.05, 0) is 35.2 Å². The first kappa shape index (κ1) is 14.6. The van der Waals surface area contributed by atoms with Crippen LogP contribution >= 0.6 is 11.6 Å². The van der Waals surface area contributed by atoms with Gasteiger partial charge in [0.1, 0.15) is 0 Å². The van der Waals surface area contributed by atoms with E-state index in [0.717, 1.165) is 44.3 Å². The van der Waals surface area contributed by atoms with E-state index in [2.05, 4.69) is 35.2 Å². The van der Waals surface area contributed by atoms with Crippen LogP contribution in [-0.2, 0) is 17.7 Å². The van der Waals surface area contributed by atoms with Crippen molar-refractivity contribution in [3.05, 3.63) is 70.2 Å². The van der Waals surface area contributed by atoms with Crippen molar-refractivity contribution in [2.24, 2.45) is 0 Å². The van der Waals surface area contributed by atoms with Crippen LogP contribution in [0, 0.1) is 0 Å². The highest BCUT2D eigenvalue weighted by Crippen LogP contribution is 2.16. The number of morpholine rings is 1. The van der Waals surface area contributed by atoms with Crippen molar-refractivity contribution in [1.82, 2.24) is 4.90 Å². The Morgan fingerprint density at radius 2 is 1.57 bits per heavy atom. The molecule has 0 aliphatic carbocycles. The predicted octanol–water partition coefficient (Wildman–Crippen LogP) is 3.76. The van der Waals surface area contributed by atoms with Gasteiger partial charge < -0.3 is 4.74 Å². The van der Waals surface area contributed by atoms with E-state index in [0.29, 0.717) is 0 Å². The lowest BCUT2D eigenvalue weighted by Crippen LogP contribution is -2.35. The van der Waals surface area contributed by atoms with Crippen LogP contribution in [-0.4, -0.2) is 31.2 Å². The van der Waals surface area contributed by atoms with Gasteiger partial charge in [-0.2, -0.15) is 0 Å². The van der Waals surface area contributed by atoms with Gasteiger partial charge in [0.25, 0.3) is 0 Å². The fraction of sp³-hybridized carbons (Fsp3) is 0.333. The van der Waals surface area contributed by atoms with E-state index in [1.165, 1.54) is 16.7 Å². The summed E-state index contributed by atoms with van der Waals surface area (Å²) in [5, 5.41) is 0.803. The van der Waals surface area contributed by atoms with Crippen molar-refractivity contribution in [2.45, 2.75) is 13.0 Å². The molecule has 0 spiro atoms. The Kier molecular flexibility index (Phi) is 4.91. The fourth-order valence-corrected chi connectivity index (χ4v) is 2.95. The van der Waals surface area contributed by atoms with Gasteiger partial charge in [-0.3, -0.25) is 4.90 Å². The Bertz CT molecular complexity index is 593. The van der Waals surface area contributed by atoms with Crippen molar-refractivity contribution in [3.8, 4) is 0 Å². The van der Waals surface area contributed by atoms with E-state index in [9.17, 15) is 0 Å². The number of halogens is 1. The molecule has 1 heterocycles. The number of ether oxygens (including phenoxy) is 1. The van der Waals surface area contributed by atoms with E-state index in [1.54, 1.807) is 0 Å². The standard InChI is InChI=1S/C18H20ClNO/c19-18-6-2-4-16(13-18)11-15-3-1-5-17(12-15)14-20-7-9-21-10-8-20/h1-6,12-13H,7-11,14H2. The lowest BCUT2D eigenvalue weighted by Gasteiger charge is -2.26. The molecule has 1 aliphatic rings. The quantitative estimate of drug-likeness (QED) is 0.852. The van der Waals surface area contributed by atoms with Crippen LogP contribution in [0.25, 0.3) is 0 Å². The molecule has 0 radical (unpaired) electrons. The third-order valence-electron chi connectivity index (χ3n) is 3.80. The Labute approximate surface area is 131 Å². The highest BCUT2D eigenvalue weighted by atomic mass is 35.5. The van der Waals surface area contributed by atoms with Crippen LogP contribution < -0.4 is 0 Å². The Morgan fingerprint density at radius 1 is 0.905 bits per heavy atom. The molecule has 1 fully saturated rings. The summed E-state index contributed by atoms with van der Waals surface area (Å²) in [5.74, 6) is 0. The molecule has 0 unspecified atom stereocenters. The molecule has 3 rings (SSSR count). The third-order valence-corrected chi connectivity index (χ3v) is 4.03. The average Bonchev–Trinajstić information content (AvgIpc) is 2.49. The van der Waals surface area contributed by atoms with Crippen LogP contribution in [0.1, 0.15) is 16.7 Å². The van der Waals surface area contributed by atoms with E-state index in [1.807, 2.05) is 18.2 Å². The summed E-state index contributed by atoms with van der Waals surface area (Å²) in [6.07, 6.45) is 0.928. The predicted molar refractivity (Wildman–Crippen MR) is 86.8 cm³/mol. The summed E-state index contributed by atoms with van der Waals surface area (Å²) in [5.41, 5.74) is 3.96. The summed E-state index contributed by atoms with van der Waals surface area (Å²) in [7, 11) is 0. The van der Waals surface area contributed by atoms with Gasteiger partial charge in [0.05, 0.1) is 13.2 Å². The summed E-state index contributed by atoms with van der Waals surface area (Å²) >= 11 is 6.05. The van der Waals surface area contributed by atoms with E-state index < -0.39 is 0 Å². The second-order valence-electron chi connectivity index (χ2n) is 5.52. The topological polar surface area (TPSA) is 12.5 Å². The largest absolute Gasteiger partial charge is 0.379 e. The summed E-state index contributed by atoms with van der Waals surface area (Å²) in [6.45, 7) is 4.76. The first-order valence-corrected chi connectivity index (χ1v) is 7.80. The van der Waals surface area contributed by atoms with E-state index in [-0.39, 0.29) is 0 Å². The fourth-order valence-electron chi connectivity index (χ4n) is 2.74. The van der Waals surface area contributed by atoms with Gasteiger partial charge >= 0.3 is 0 Å². The average molecular weight is 302 g/mol. The van der Waals surface area contributed by atoms with E-state index >= 15 is 0 Å². The Hall–Kier alpha value is -1.35. The molecule has 21 heavy (non-hydrogen) atoms. The number of rotatable bonds is 4. The summed E-state index contributed by atoms with van der Waals surface area (Å²) < 4.78 is 5.40. The smallest absolute Gasteiger partial charge is 0.0594 e. The lowest BCUT2D eigenvalue weighted by atomic mass is 10.0. The first-order chi connectivity index (χ1) is 10.3. The first-order valence-electron chi connectivity index (χ1n) is 7.42. The van der Waals surface area contributed by atoms with Crippen molar-refractivity contribution in [3.63, 3.8) is 0 Å². The zero-order valence-electron chi connectivity index (χ0n) is 12.1. The molecule has 1 saturated heterocycles. The monoisotopic (exact) mass is 301 g/mol. The van der Waals surface area contributed by atoms with Gasteiger partial charge in [-0.15, -0.1) is 0 Å². The van der Waals surface area contributed by atoms with Gasteiger partial charge in [0.2, 0.25) is 0 Å². The lowest BCUT2D eigenvalue weighted by molar-refractivity contribution is 0.0342. The Morgan fingerprint density at radius 3 is 2.33 bits per heavy atom. The van der Waals surface area contributed by atoms with E-state index in [4.69, 9.17) is 16.3 Å². The maximum absolute atomic E-state index is 6.05. The SMILES string of the molecule is Clc1cccc(Cc2cccc(CN3CCOCC3)c2)c1. The van der Waals surface area contributed by atoms with Gasteiger partial charge in [0.15, 0.2) is 0 Å². The normalized spacial score (nSPS) is 16.0. The van der Waals surface area contributed by atoms with Gasteiger partial charge in [0, 0.05) is 24.7 Å². The zero-order valence-corrected chi connectivity index (χ0v) is 12.9. The molecule has 2 aromatic rings. The van der Waals surface area contributed by atoms with Crippen LogP contribution in [0.5, 0.6) is 0 Å². The highest BCUT2D eigenvalue weighted by Gasteiger charge is 2.10. The highest BCUT2D eigenvalue weighted by molar-refractivity contribution is 6.30. The van der Waals surface area contributed by atoms with Crippen LogP contribution in [0.2, 0.25) is 5.02 Å². The summed E-state index contributed by atoms with van der Waals surface area (Å²) in [4.78, 5) is 2.45. The molecule has 1 aliphatic heterocycles. The van der Waals surface area contributed by atoms with Crippen LogP contribution in [0.15, 0.2) is 48.5 Å². The molecule has 0 saturated carbocycles. The van der Waals surface area contributed by atoms with Crippen molar-refractivity contribution < 1.29 is 4.74 Å². The molecule has 2 nitrogen and oxygen atoms in total. The molecule has 110 valence electrons. The van der Waals surface area contributed by atoms with Gasteiger partial charge in [-0.1, -0.05) is 48.0 Å². The number of benzene rings is 2. The number of hydrogen-bond acceptors (Lipinski definition) is 2. The molecule has 2 aromatic carbocycles. The number of nitrogens with zero attached hydrogens (tertiary/aromatic N) is 1. The molecule has 0 atom stereocenters. The molecule has 0 bridgehead atoms. The molecule has 0 amide bonds. The van der Waals surface area contributed by atoms with Gasteiger partial charge in [-0.25, -0.2) is 0 Å². The molecule has 3 heteroatoms. The maximum atomic E-state index is 6.05. The second-order valence-corrected chi connectivity index (χ2v) is 5.95. The number of hydrogen-bond donors (Lipinski definition) is 0. The minimum atomic E-state index is 0.803. The maximum Gasteiger partial charge on any atom is 0.0594 e. The van der Waals surface area contributed by atoms with Crippen LogP contribution in [0.3, 0.4) is 0 Å². The molecular weight excluding hydrogens is 282 g/mol. The minimum absolute atomic E-state index is 0.803. The Balaban J connectivity index is 1.67.